The van der Waals surface area contributed by atoms with E-state index >= 15 is 0 Å². The van der Waals surface area contributed by atoms with Crippen molar-refractivity contribution >= 4 is 33.6 Å². The summed E-state index contributed by atoms with van der Waals surface area (Å²) >= 11 is 0. The summed E-state index contributed by atoms with van der Waals surface area (Å²) in [6.07, 6.45) is 4.48. The summed E-state index contributed by atoms with van der Waals surface area (Å²) in [5.41, 5.74) is 13.1. The summed E-state index contributed by atoms with van der Waals surface area (Å²) in [7, 11) is 0. The van der Waals surface area contributed by atoms with Gasteiger partial charge in [0.25, 0.3) is 0 Å². The van der Waals surface area contributed by atoms with E-state index in [4.69, 9.17) is 5.73 Å². The van der Waals surface area contributed by atoms with Crippen LogP contribution in [0.1, 0.15) is 22.4 Å². The maximum absolute atomic E-state index is 6.28. The zero-order chi connectivity index (χ0) is 23.6. The lowest BCUT2D eigenvalue weighted by Crippen LogP contribution is -2.42. The van der Waals surface area contributed by atoms with Crippen LogP contribution in [0.4, 0.5) is 11.8 Å². The summed E-state index contributed by atoms with van der Waals surface area (Å²) in [6.45, 7) is 5.91. The molecule has 8 nitrogen and oxygen atoms in total. The average Bonchev–Trinajstić information content (AvgIpc) is 3.50. The average molecular weight is 467 g/mol. The number of hydrogen-bond donors (Lipinski definition) is 5. The molecule has 1 saturated heterocycles. The fourth-order valence-electron chi connectivity index (χ4n) is 4.80. The highest BCUT2D eigenvalue weighted by Crippen LogP contribution is 2.21. The number of hydrogen-bond acceptors (Lipinski definition) is 6. The van der Waals surface area contributed by atoms with E-state index in [1.807, 2.05) is 12.4 Å². The van der Waals surface area contributed by atoms with Gasteiger partial charge in [0.15, 0.2) is 0 Å². The largest absolute Gasteiger partial charge is 0.383 e. The van der Waals surface area contributed by atoms with E-state index < -0.39 is 0 Å². The van der Waals surface area contributed by atoms with Crippen molar-refractivity contribution in [3.63, 3.8) is 0 Å². The topological polar surface area (TPSA) is 111 Å². The highest BCUT2D eigenvalue weighted by Gasteiger charge is 2.12. The van der Waals surface area contributed by atoms with E-state index in [0.29, 0.717) is 24.7 Å². The lowest BCUT2D eigenvalue weighted by molar-refractivity contribution is 0.231. The lowest BCUT2D eigenvalue weighted by atomic mass is 10.1. The van der Waals surface area contributed by atoms with Gasteiger partial charge < -0.3 is 26.3 Å². The van der Waals surface area contributed by atoms with Crippen molar-refractivity contribution in [1.82, 2.24) is 30.2 Å². The second kappa shape index (κ2) is 9.40. The lowest BCUT2D eigenvalue weighted by Gasteiger charge is -2.26. The smallest absolute Gasteiger partial charge is 0.224 e. The van der Waals surface area contributed by atoms with E-state index in [1.165, 1.54) is 33.1 Å². The molecular weight excluding hydrogens is 436 g/mol. The SMILES string of the molecule is Nc1nc(NCc2ccc3[nH]c(CN4CCNCC4)cc3c2)ncc1Cc1ccc2[nH]ccc2c1. The molecule has 178 valence electrons. The molecule has 8 heteroatoms. The van der Waals surface area contributed by atoms with Gasteiger partial charge in [0.05, 0.1) is 0 Å². The first-order valence-corrected chi connectivity index (χ1v) is 12.1. The molecule has 0 radical (unpaired) electrons. The number of aromatic nitrogens is 4. The maximum atomic E-state index is 6.28. The van der Waals surface area contributed by atoms with Gasteiger partial charge in [0.1, 0.15) is 5.82 Å². The Kier molecular flexibility index (Phi) is 5.81. The second-order valence-corrected chi connectivity index (χ2v) is 9.28. The van der Waals surface area contributed by atoms with Crippen LogP contribution in [0.25, 0.3) is 21.8 Å². The molecule has 2 aromatic carbocycles. The first-order chi connectivity index (χ1) is 17.2. The number of nitrogens with one attached hydrogen (secondary N) is 4. The molecule has 0 saturated carbocycles. The number of rotatable bonds is 7. The number of piperazine rings is 1. The molecule has 0 aliphatic carbocycles. The number of nitrogens with zero attached hydrogens (tertiary/aromatic N) is 3. The Hall–Kier alpha value is -3.88. The van der Waals surface area contributed by atoms with Gasteiger partial charge in [-0.1, -0.05) is 12.1 Å². The van der Waals surface area contributed by atoms with Crippen LogP contribution in [0.2, 0.25) is 0 Å². The second-order valence-electron chi connectivity index (χ2n) is 9.28. The Balaban J connectivity index is 1.10. The molecule has 1 fully saturated rings. The molecule has 3 aromatic heterocycles. The number of H-pyrrole nitrogens is 2. The molecule has 5 aromatic rings. The van der Waals surface area contributed by atoms with E-state index in [2.05, 4.69) is 84.0 Å². The molecular formula is C27H30N8. The van der Waals surface area contributed by atoms with Crippen LogP contribution < -0.4 is 16.4 Å². The monoisotopic (exact) mass is 466 g/mol. The third-order valence-corrected chi connectivity index (χ3v) is 6.71. The van der Waals surface area contributed by atoms with Crippen LogP contribution in [0.15, 0.2) is 60.9 Å². The van der Waals surface area contributed by atoms with E-state index in [1.54, 1.807) is 0 Å². The Morgan fingerprint density at radius 1 is 0.943 bits per heavy atom. The van der Waals surface area contributed by atoms with Gasteiger partial charge >= 0.3 is 0 Å². The Bertz CT molecular complexity index is 1460. The molecule has 1 aliphatic rings. The van der Waals surface area contributed by atoms with Crippen LogP contribution in [0.3, 0.4) is 0 Å². The van der Waals surface area contributed by atoms with Gasteiger partial charge in [-0.3, -0.25) is 4.90 Å². The van der Waals surface area contributed by atoms with Crippen molar-refractivity contribution < 1.29 is 0 Å². The van der Waals surface area contributed by atoms with E-state index in [9.17, 15) is 0 Å². The minimum absolute atomic E-state index is 0.510. The summed E-state index contributed by atoms with van der Waals surface area (Å²) in [6, 6.07) is 17.2. The van der Waals surface area contributed by atoms with Crippen molar-refractivity contribution in [3.05, 3.63) is 83.3 Å². The Morgan fingerprint density at radius 2 is 1.77 bits per heavy atom. The maximum Gasteiger partial charge on any atom is 0.224 e. The Morgan fingerprint density at radius 3 is 2.66 bits per heavy atom. The van der Waals surface area contributed by atoms with E-state index in [-0.39, 0.29) is 0 Å². The summed E-state index contributed by atoms with van der Waals surface area (Å²) in [5, 5.41) is 9.14. The highest BCUT2D eigenvalue weighted by atomic mass is 15.2. The van der Waals surface area contributed by atoms with Gasteiger partial charge in [-0.15, -0.1) is 0 Å². The number of benzene rings is 2. The van der Waals surface area contributed by atoms with Crippen LogP contribution in [0.5, 0.6) is 0 Å². The molecule has 6 N–H and O–H groups in total. The number of aromatic amines is 2. The molecule has 0 atom stereocenters. The molecule has 4 heterocycles. The summed E-state index contributed by atoms with van der Waals surface area (Å²) in [5.74, 6) is 1.05. The van der Waals surface area contributed by atoms with Gasteiger partial charge in [0, 0.05) is 85.8 Å². The summed E-state index contributed by atoms with van der Waals surface area (Å²) < 4.78 is 0. The highest BCUT2D eigenvalue weighted by molar-refractivity contribution is 5.81. The van der Waals surface area contributed by atoms with Crippen LogP contribution in [0, 0.1) is 0 Å². The number of fused-ring (bicyclic) bond motifs is 2. The molecule has 0 spiro atoms. The molecule has 35 heavy (non-hydrogen) atoms. The van der Waals surface area contributed by atoms with Gasteiger partial charge in [-0.2, -0.15) is 4.98 Å². The normalized spacial score (nSPS) is 14.6. The van der Waals surface area contributed by atoms with Crippen LogP contribution in [-0.2, 0) is 19.5 Å². The molecule has 6 rings (SSSR count). The van der Waals surface area contributed by atoms with Crippen molar-refractivity contribution in [2.24, 2.45) is 0 Å². The van der Waals surface area contributed by atoms with Gasteiger partial charge in [0.2, 0.25) is 5.95 Å². The predicted molar refractivity (Wildman–Crippen MR) is 141 cm³/mol. The predicted octanol–water partition coefficient (Wildman–Crippen LogP) is 3.63. The fourth-order valence-corrected chi connectivity index (χ4v) is 4.80. The molecule has 0 unspecified atom stereocenters. The third-order valence-electron chi connectivity index (χ3n) is 6.71. The summed E-state index contributed by atoms with van der Waals surface area (Å²) in [4.78, 5) is 18.3. The van der Waals surface area contributed by atoms with Crippen LogP contribution >= 0.6 is 0 Å². The Labute approximate surface area is 204 Å². The number of nitrogen functional groups attached to an aromatic ring is 1. The van der Waals surface area contributed by atoms with Crippen molar-refractivity contribution in [3.8, 4) is 0 Å². The zero-order valence-electron chi connectivity index (χ0n) is 19.6. The molecule has 0 amide bonds. The third kappa shape index (κ3) is 4.84. The number of nitrogens with two attached hydrogens (primary N) is 1. The van der Waals surface area contributed by atoms with Gasteiger partial charge in [-0.05, 0) is 52.9 Å². The standard InChI is InChI=1S/C27H30N8/c28-26-22(12-18-1-3-24-20(11-18)5-6-30-24)16-32-27(34-26)31-15-19-2-4-25-21(13-19)14-23(33-25)17-35-9-7-29-8-10-35/h1-6,11,13-14,16,29-30,33H,7-10,12,15,17H2,(H3,28,31,32,34). The minimum Gasteiger partial charge on any atom is -0.383 e. The quantitative estimate of drug-likeness (QED) is 0.251. The van der Waals surface area contributed by atoms with Crippen molar-refractivity contribution in [2.75, 3.05) is 37.2 Å². The zero-order valence-corrected chi connectivity index (χ0v) is 19.6. The number of anilines is 2. The molecule has 1 aliphatic heterocycles. The molecule has 0 bridgehead atoms. The fraction of sp³-hybridized carbons (Fsp3) is 0.259. The van der Waals surface area contributed by atoms with Crippen molar-refractivity contribution in [1.29, 1.82) is 0 Å². The minimum atomic E-state index is 0.510. The van der Waals surface area contributed by atoms with E-state index in [0.717, 1.165) is 43.8 Å². The van der Waals surface area contributed by atoms with Gasteiger partial charge in [-0.25, -0.2) is 4.98 Å². The van der Waals surface area contributed by atoms with Crippen LogP contribution in [-0.4, -0.2) is 51.0 Å². The first kappa shape index (κ1) is 21.6. The first-order valence-electron chi connectivity index (χ1n) is 12.1. The van der Waals surface area contributed by atoms with Crippen molar-refractivity contribution in [2.45, 2.75) is 19.5 Å².